The van der Waals surface area contributed by atoms with Gasteiger partial charge in [-0.05, 0) is 48.0 Å². The SMILES string of the molecule is N#CN1CC2=C[C@]2(NC(=O)c2ncc(-c3ccccc3Oc3ccc(F)cc3)s2)C1. The molecule has 1 N–H and O–H groups in total. The average molecular weight is 418 g/mol. The molecule has 1 saturated heterocycles. The Hall–Kier alpha value is -3.70. The molecule has 5 rings (SSSR count). The lowest BCUT2D eigenvalue weighted by atomic mass is 10.2. The van der Waals surface area contributed by atoms with E-state index in [9.17, 15) is 9.18 Å². The fourth-order valence-electron chi connectivity index (χ4n) is 3.53. The summed E-state index contributed by atoms with van der Waals surface area (Å²) in [5.41, 5.74) is 1.35. The van der Waals surface area contributed by atoms with E-state index in [1.807, 2.05) is 30.3 Å². The molecule has 2 aliphatic rings. The number of carbonyl (C=O) groups is 1. The molecule has 1 atom stereocenters. The number of hydrogen-bond donors (Lipinski definition) is 1. The van der Waals surface area contributed by atoms with Crippen LogP contribution in [0, 0.1) is 17.3 Å². The van der Waals surface area contributed by atoms with Gasteiger partial charge < -0.3 is 15.0 Å². The van der Waals surface area contributed by atoms with Crippen molar-refractivity contribution in [2.75, 3.05) is 13.1 Å². The normalized spacial score (nSPS) is 18.9. The maximum Gasteiger partial charge on any atom is 0.281 e. The molecule has 1 fully saturated rings. The predicted molar refractivity (Wildman–Crippen MR) is 109 cm³/mol. The van der Waals surface area contributed by atoms with Crippen molar-refractivity contribution in [3.63, 3.8) is 0 Å². The number of carbonyl (C=O) groups excluding carboxylic acids is 1. The highest BCUT2D eigenvalue weighted by Gasteiger charge is 2.52. The summed E-state index contributed by atoms with van der Waals surface area (Å²) in [7, 11) is 0. The summed E-state index contributed by atoms with van der Waals surface area (Å²) in [5.74, 6) is 0.502. The van der Waals surface area contributed by atoms with Crippen molar-refractivity contribution in [2.24, 2.45) is 0 Å². The molecule has 6 nitrogen and oxygen atoms in total. The van der Waals surface area contributed by atoms with Crippen LogP contribution in [0.4, 0.5) is 4.39 Å². The number of rotatable bonds is 5. The Morgan fingerprint density at radius 1 is 1.27 bits per heavy atom. The van der Waals surface area contributed by atoms with E-state index in [1.54, 1.807) is 23.2 Å². The van der Waals surface area contributed by atoms with Gasteiger partial charge in [0.25, 0.3) is 5.91 Å². The fourth-order valence-corrected chi connectivity index (χ4v) is 4.37. The van der Waals surface area contributed by atoms with Crippen LogP contribution in [0.15, 0.2) is 66.4 Å². The van der Waals surface area contributed by atoms with Crippen molar-refractivity contribution in [3.05, 3.63) is 77.2 Å². The molecule has 0 bridgehead atoms. The second kappa shape index (κ2) is 6.97. The van der Waals surface area contributed by atoms with E-state index in [-0.39, 0.29) is 11.7 Å². The topological polar surface area (TPSA) is 78.3 Å². The minimum absolute atomic E-state index is 0.269. The number of nitrogens with one attached hydrogen (secondary N) is 1. The van der Waals surface area contributed by atoms with E-state index >= 15 is 0 Å². The first-order valence-electron chi connectivity index (χ1n) is 9.24. The third kappa shape index (κ3) is 3.29. The molecule has 30 heavy (non-hydrogen) atoms. The van der Waals surface area contributed by atoms with Gasteiger partial charge >= 0.3 is 0 Å². The molecule has 8 heteroatoms. The van der Waals surface area contributed by atoms with Crippen LogP contribution in [0.1, 0.15) is 9.80 Å². The molecular formula is C22H15FN4O2S. The number of amides is 1. The molecule has 148 valence electrons. The summed E-state index contributed by atoms with van der Waals surface area (Å²) in [5, 5.41) is 12.4. The smallest absolute Gasteiger partial charge is 0.281 e. The summed E-state index contributed by atoms with van der Waals surface area (Å²) in [4.78, 5) is 19.4. The maximum atomic E-state index is 13.1. The molecule has 0 saturated carbocycles. The van der Waals surface area contributed by atoms with Crippen LogP contribution >= 0.6 is 11.3 Å². The van der Waals surface area contributed by atoms with Gasteiger partial charge in [-0.1, -0.05) is 12.1 Å². The van der Waals surface area contributed by atoms with Crippen molar-refractivity contribution in [3.8, 4) is 28.1 Å². The molecular weight excluding hydrogens is 403 g/mol. The number of benzene rings is 2. The zero-order valence-corrected chi connectivity index (χ0v) is 16.4. The van der Waals surface area contributed by atoms with Gasteiger partial charge in [0, 0.05) is 11.8 Å². The highest BCUT2D eigenvalue weighted by atomic mass is 32.1. The number of halogens is 1. The van der Waals surface area contributed by atoms with Crippen LogP contribution in [-0.4, -0.2) is 34.4 Å². The van der Waals surface area contributed by atoms with Crippen molar-refractivity contribution < 1.29 is 13.9 Å². The lowest BCUT2D eigenvalue weighted by molar-refractivity contribution is 0.0935. The molecule has 1 aliphatic carbocycles. The first-order valence-corrected chi connectivity index (χ1v) is 10.1. The van der Waals surface area contributed by atoms with E-state index in [2.05, 4.69) is 16.5 Å². The molecule has 1 aromatic heterocycles. The molecule has 2 heterocycles. The van der Waals surface area contributed by atoms with Gasteiger partial charge in [-0.15, -0.1) is 11.3 Å². The van der Waals surface area contributed by atoms with Gasteiger partial charge in [0.05, 0.1) is 18.0 Å². The van der Waals surface area contributed by atoms with E-state index in [0.29, 0.717) is 29.6 Å². The molecule has 0 spiro atoms. The number of fused-ring (bicyclic) bond motifs is 1. The van der Waals surface area contributed by atoms with Crippen LogP contribution in [0.5, 0.6) is 11.5 Å². The van der Waals surface area contributed by atoms with Gasteiger partial charge in [-0.2, -0.15) is 5.26 Å². The minimum atomic E-state index is -0.498. The van der Waals surface area contributed by atoms with Crippen molar-refractivity contribution >= 4 is 17.2 Å². The maximum absolute atomic E-state index is 13.1. The summed E-state index contributed by atoms with van der Waals surface area (Å²) in [6.45, 7) is 1.03. The molecule has 1 aliphatic heterocycles. The number of aromatic nitrogens is 1. The van der Waals surface area contributed by atoms with Gasteiger partial charge in [0.15, 0.2) is 11.2 Å². The van der Waals surface area contributed by atoms with Crippen LogP contribution in [0.2, 0.25) is 0 Å². The van der Waals surface area contributed by atoms with Gasteiger partial charge in [0.1, 0.15) is 22.9 Å². The number of nitrogens with zero attached hydrogens (tertiary/aromatic N) is 3. The molecule has 3 aromatic rings. The van der Waals surface area contributed by atoms with Gasteiger partial charge in [-0.3, -0.25) is 4.79 Å². The Morgan fingerprint density at radius 2 is 2.07 bits per heavy atom. The van der Waals surface area contributed by atoms with Crippen LogP contribution in [0.3, 0.4) is 0 Å². The number of para-hydroxylation sites is 1. The Morgan fingerprint density at radius 3 is 2.83 bits per heavy atom. The van der Waals surface area contributed by atoms with Crippen LogP contribution in [-0.2, 0) is 0 Å². The van der Waals surface area contributed by atoms with Crippen molar-refractivity contribution in [1.29, 1.82) is 5.26 Å². The standard InChI is InChI=1S/C22H15FN4O2S/c23-15-5-7-16(8-6-15)29-18-4-2-1-3-17(18)19-10-25-21(30-19)20(28)26-22-9-14(22)11-27(12-22)13-24/h1-10H,11-12H2,(H,26,28)/t22-/m0/s1. The summed E-state index contributed by atoms with van der Waals surface area (Å²) in [6.07, 6.45) is 5.74. The Balaban J connectivity index is 1.34. The summed E-state index contributed by atoms with van der Waals surface area (Å²) >= 11 is 1.26. The average Bonchev–Trinajstić information content (AvgIpc) is 3.10. The summed E-state index contributed by atoms with van der Waals surface area (Å²) < 4.78 is 19.1. The second-order valence-corrected chi connectivity index (χ2v) is 8.16. The van der Waals surface area contributed by atoms with Crippen LogP contribution < -0.4 is 10.1 Å². The van der Waals surface area contributed by atoms with E-state index in [1.165, 1.54) is 23.5 Å². The monoisotopic (exact) mass is 418 g/mol. The molecule has 0 radical (unpaired) electrons. The lowest BCUT2D eigenvalue weighted by Gasteiger charge is -2.16. The Bertz CT molecular complexity index is 1210. The largest absolute Gasteiger partial charge is 0.457 e. The van der Waals surface area contributed by atoms with E-state index in [0.717, 1.165) is 16.0 Å². The number of nitriles is 1. The Kier molecular flexibility index (Phi) is 4.26. The zero-order chi connectivity index (χ0) is 20.7. The minimum Gasteiger partial charge on any atom is -0.457 e. The third-order valence-electron chi connectivity index (χ3n) is 5.08. The zero-order valence-electron chi connectivity index (χ0n) is 15.6. The Labute approximate surface area is 175 Å². The first kappa shape index (κ1) is 18.3. The molecule has 0 unspecified atom stereocenters. The number of likely N-dealkylation sites (tertiary alicyclic amines) is 1. The van der Waals surface area contributed by atoms with Crippen molar-refractivity contribution in [1.82, 2.24) is 15.2 Å². The number of hydrogen-bond acceptors (Lipinski definition) is 6. The van der Waals surface area contributed by atoms with Gasteiger partial charge in [-0.25, -0.2) is 9.37 Å². The predicted octanol–water partition coefficient (Wildman–Crippen LogP) is 3.95. The first-order chi connectivity index (χ1) is 14.6. The van der Waals surface area contributed by atoms with E-state index < -0.39 is 5.54 Å². The highest BCUT2D eigenvalue weighted by molar-refractivity contribution is 7.17. The highest BCUT2D eigenvalue weighted by Crippen LogP contribution is 2.42. The number of ether oxygens (including phenoxy) is 1. The quantitative estimate of drug-likeness (QED) is 0.502. The lowest BCUT2D eigenvalue weighted by Crippen LogP contribution is -2.42. The number of thiazole rings is 1. The third-order valence-corrected chi connectivity index (χ3v) is 6.11. The van der Waals surface area contributed by atoms with Gasteiger partial charge in [0.2, 0.25) is 0 Å². The second-order valence-electron chi connectivity index (χ2n) is 7.13. The fraction of sp³-hybridized carbons (Fsp3) is 0.136. The van der Waals surface area contributed by atoms with Crippen LogP contribution in [0.25, 0.3) is 10.4 Å². The molecule has 2 aromatic carbocycles. The molecule has 1 amide bonds. The van der Waals surface area contributed by atoms with Crippen molar-refractivity contribution in [2.45, 2.75) is 5.54 Å². The van der Waals surface area contributed by atoms with E-state index in [4.69, 9.17) is 10.00 Å². The summed E-state index contributed by atoms with van der Waals surface area (Å²) in [6, 6.07) is 13.2.